The molecule has 2 heteroatoms. The van der Waals surface area contributed by atoms with E-state index in [0.717, 1.165) is 28.4 Å². The number of para-hydroxylation sites is 2. The molecule has 4 aromatic rings. The van der Waals surface area contributed by atoms with Gasteiger partial charge in [-0.05, 0) is 95.5 Å². The molecule has 1 aliphatic carbocycles. The van der Waals surface area contributed by atoms with Gasteiger partial charge in [-0.1, -0.05) is 70.2 Å². The highest BCUT2D eigenvalue weighted by Crippen LogP contribution is 2.46. The lowest BCUT2D eigenvalue weighted by Gasteiger charge is -2.42. The molecule has 0 spiro atoms. The van der Waals surface area contributed by atoms with Crippen LogP contribution in [0.15, 0.2) is 103 Å². The Hall–Kier alpha value is -3.52. The van der Waals surface area contributed by atoms with Crippen LogP contribution in [0, 0.1) is 0 Å². The first-order valence-electron chi connectivity index (χ1n) is 12.3. The second kappa shape index (κ2) is 8.68. The molecule has 0 aromatic heterocycles. The molecule has 0 unspecified atom stereocenters. The summed E-state index contributed by atoms with van der Waals surface area (Å²) in [6.07, 6.45) is 2.46. The first kappa shape index (κ1) is 22.3. The Balaban J connectivity index is 1.44. The van der Waals surface area contributed by atoms with E-state index < -0.39 is 0 Å². The van der Waals surface area contributed by atoms with Gasteiger partial charge in [0.2, 0.25) is 0 Å². The summed E-state index contributed by atoms with van der Waals surface area (Å²) in [6, 6.07) is 36.7. The predicted molar refractivity (Wildman–Crippen MR) is 146 cm³/mol. The van der Waals surface area contributed by atoms with Crippen LogP contribution in [0.5, 0.6) is 0 Å². The zero-order chi connectivity index (χ0) is 23.8. The molecule has 0 heterocycles. The molecule has 0 atom stereocenters. The Morgan fingerprint density at radius 1 is 0.529 bits per heavy atom. The molecule has 2 nitrogen and oxygen atoms in total. The molecular weight excluding hydrogens is 412 g/mol. The van der Waals surface area contributed by atoms with Crippen molar-refractivity contribution >= 4 is 28.4 Å². The van der Waals surface area contributed by atoms with Crippen LogP contribution in [0.3, 0.4) is 0 Å². The molecule has 5 rings (SSSR count). The van der Waals surface area contributed by atoms with Crippen LogP contribution in [0.1, 0.15) is 51.7 Å². The molecule has 0 aliphatic heterocycles. The molecule has 0 saturated heterocycles. The Kier molecular flexibility index (Phi) is 5.69. The monoisotopic (exact) mass is 446 g/mol. The Labute approximate surface area is 204 Å². The van der Waals surface area contributed by atoms with Crippen molar-refractivity contribution in [2.45, 2.75) is 51.4 Å². The summed E-state index contributed by atoms with van der Waals surface area (Å²) in [7, 11) is 0. The van der Waals surface area contributed by atoms with E-state index in [2.05, 4.69) is 141 Å². The highest BCUT2D eigenvalue weighted by Gasteiger charge is 2.36. The quantitative estimate of drug-likeness (QED) is 0.328. The minimum Gasteiger partial charge on any atom is -0.356 e. The lowest BCUT2D eigenvalue weighted by molar-refractivity contribution is 0.332. The third kappa shape index (κ3) is 4.33. The van der Waals surface area contributed by atoms with E-state index in [9.17, 15) is 0 Å². The first-order valence-corrected chi connectivity index (χ1v) is 12.3. The van der Waals surface area contributed by atoms with Gasteiger partial charge >= 0.3 is 0 Å². The van der Waals surface area contributed by atoms with Crippen LogP contribution < -0.4 is 10.2 Å². The van der Waals surface area contributed by atoms with Crippen molar-refractivity contribution in [3.63, 3.8) is 0 Å². The summed E-state index contributed by atoms with van der Waals surface area (Å²) < 4.78 is 0. The summed E-state index contributed by atoms with van der Waals surface area (Å²) in [5, 5.41) is 3.65. The highest BCUT2D eigenvalue weighted by atomic mass is 15.1. The van der Waals surface area contributed by atoms with E-state index in [0.29, 0.717) is 0 Å². The Morgan fingerprint density at radius 3 is 1.56 bits per heavy atom. The minimum absolute atomic E-state index is 0.207. The molecule has 0 radical (unpaired) electrons. The van der Waals surface area contributed by atoms with E-state index >= 15 is 0 Å². The van der Waals surface area contributed by atoms with Gasteiger partial charge in [-0.15, -0.1) is 0 Å². The van der Waals surface area contributed by atoms with Crippen LogP contribution in [0.4, 0.5) is 28.4 Å². The van der Waals surface area contributed by atoms with Crippen molar-refractivity contribution in [2.75, 3.05) is 10.2 Å². The second-order valence-corrected chi connectivity index (χ2v) is 10.7. The number of benzene rings is 4. The number of fused-ring (bicyclic) bond motifs is 1. The van der Waals surface area contributed by atoms with Crippen molar-refractivity contribution in [1.82, 2.24) is 0 Å². The average molecular weight is 447 g/mol. The Bertz CT molecular complexity index is 1220. The SMILES string of the molecule is CC1(C)CCC(C)(C)c2cc(Nc3ccc(N(c4ccccc4)c4ccccc4)cc3)ccc21. The van der Waals surface area contributed by atoms with Crippen molar-refractivity contribution < 1.29 is 0 Å². The summed E-state index contributed by atoms with van der Waals surface area (Å²) in [5.41, 5.74) is 9.09. The first-order chi connectivity index (χ1) is 16.3. The minimum atomic E-state index is 0.207. The molecule has 4 aromatic carbocycles. The highest BCUT2D eigenvalue weighted by molar-refractivity contribution is 5.77. The van der Waals surface area contributed by atoms with Gasteiger partial charge in [0, 0.05) is 28.4 Å². The van der Waals surface area contributed by atoms with Crippen molar-refractivity contribution in [1.29, 1.82) is 0 Å². The fourth-order valence-corrected chi connectivity index (χ4v) is 5.13. The van der Waals surface area contributed by atoms with Crippen molar-refractivity contribution in [2.24, 2.45) is 0 Å². The molecule has 1 N–H and O–H groups in total. The topological polar surface area (TPSA) is 15.3 Å². The normalized spacial score (nSPS) is 15.9. The molecule has 0 bridgehead atoms. The molecule has 34 heavy (non-hydrogen) atoms. The smallest absolute Gasteiger partial charge is 0.0463 e. The molecule has 0 amide bonds. The van der Waals surface area contributed by atoms with Crippen LogP contribution in [-0.2, 0) is 10.8 Å². The predicted octanol–water partition coefficient (Wildman–Crippen LogP) is 9.25. The number of rotatable bonds is 5. The zero-order valence-corrected chi connectivity index (χ0v) is 20.7. The molecule has 0 fully saturated rings. The van der Waals surface area contributed by atoms with Crippen LogP contribution in [0.2, 0.25) is 0 Å². The molecule has 0 saturated carbocycles. The van der Waals surface area contributed by atoms with Crippen LogP contribution in [-0.4, -0.2) is 0 Å². The maximum atomic E-state index is 3.65. The largest absolute Gasteiger partial charge is 0.356 e. The standard InChI is InChI=1S/C32H34N2/c1-31(2)21-22-32(3,4)30-23-25(17-20-29(30)31)33-24-15-18-28(19-16-24)34(26-11-7-5-8-12-26)27-13-9-6-10-14-27/h5-20,23,33H,21-22H2,1-4H3. The Morgan fingerprint density at radius 2 is 1.00 bits per heavy atom. The van der Waals surface area contributed by atoms with E-state index in [4.69, 9.17) is 0 Å². The summed E-state index contributed by atoms with van der Waals surface area (Å²) in [6.45, 7) is 9.50. The maximum Gasteiger partial charge on any atom is 0.0463 e. The van der Waals surface area contributed by atoms with E-state index in [1.165, 1.54) is 24.0 Å². The lowest BCUT2D eigenvalue weighted by atomic mass is 9.63. The van der Waals surface area contributed by atoms with Gasteiger partial charge in [-0.2, -0.15) is 0 Å². The van der Waals surface area contributed by atoms with Crippen molar-refractivity contribution in [3.8, 4) is 0 Å². The van der Waals surface area contributed by atoms with Gasteiger partial charge in [0.25, 0.3) is 0 Å². The van der Waals surface area contributed by atoms with Crippen molar-refractivity contribution in [3.05, 3.63) is 114 Å². The molecular formula is C32H34N2. The van der Waals surface area contributed by atoms with Gasteiger partial charge < -0.3 is 10.2 Å². The number of anilines is 5. The average Bonchev–Trinajstić information content (AvgIpc) is 2.85. The van der Waals surface area contributed by atoms with Gasteiger partial charge in [0.15, 0.2) is 0 Å². The summed E-state index contributed by atoms with van der Waals surface area (Å²) in [4.78, 5) is 2.28. The van der Waals surface area contributed by atoms with Gasteiger partial charge in [0.05, 0.1) is 0 Å². The summed E-state index contributed by atoms with van der Waals surface area (Å²) >= 11 is 0. The second-order valence-electron chi connectivity index (χ2n) is 10.7. The molecule has 172 valence electrons. The lowest BCUT2D eigenvalue weighted by Crippen LogP contribution is -2.33. The van der Waals surface area contributed by atoms with E-state index in [1.807, 2.05) is 0 Å². The van der Waals surface area contributed by atoms with Gasteiger partial charge in [-0.3, -0.25) is 0 Å². The number of hydrogen-bond acceptors (Lipinski definition) is 2. The molecule has 1 aliphatic rings. The number of nitrogens with zero attached hydrogens (tertiary/aromatic N) is 1. The number of hydrogen-bond donors (Lipinski definition) is 1. The van der Waals surface area contributed by atoms with Gasteiger partial charge in [-0.25, -0.2) is 0 Å². The fraction of sp³-hybridized carbons (Fsp3) is 0.250. The number of nitrogens with one attached hydrogen (secondary N) is 1. The van der Waals surface area contributed by atoms with Crippen LogP contribution >= 0.6 is 0 Å². The zero-order valence-electron chi connectivity index (χ0n) is 20.7. The van der Waals surface area contributed by atoms with E-state index in [1.54, 1.807) is 0 Å². The fourth-order valence-electron chi connectivity index (χ4n) is 5.13. The summed E-state index contributed by atoms with van der Waals surface area (Å²) in [5.74, 6) is 0. The van der Waals surface area contributed by atoms with Crippen LogP contribution in [0.25, 0.3) is 0 Å². The van der Waals surface area contributed by atoms with Gasteiger partial charge in [0.1, 0.15) is 0 Å². The third-order valence-electron chi connectivity index (χ3n) is 7.30. The maximum absolute atomic E-state index is 3.65. The van der Waals surface area contributed by atoms with E-state index in [-0.39, 0.29) is 10.8 Å². The third-order valence-corrected chi connectivity index (χ3v) is 7.30.